The third-order valence-corrected chi connectivity index (χ3v) is 1.91. The van der Waals surface area contributed by atoms with E-state index in [0.717, 1.165) is 0 Å². The van der Waals surface area contributed by atoms with Crippen molar-refractivity contribution in [2.75, 3.05) is 0 Å². The van der Waals surface area contributed by atoms with E-state index < -0.39 is 36.2 Å². The summed E-state index contributed by atoms with van der Waals surface area (Å²) in [6, 6.07) is -1.17. The van der Waals surface area contributed by atoms with Crippen LogP contribution in [0.2, 0.25) is 0 Å². The van der Waals surface area contributed by atoms with Crippen LogP contribution >= 0.6 is 0 Å². The summed E-state index contributed by atoms with van der Waals surface area (Å²) in [6.07, 6.45) is -2.03. The fourth-order valence-electron chi connectivity index (χ4n) is 1.12. The zero-order valence-electron chi connectivity index (χ0n) is 8.10. The van der Waals surface area contributed by atoms with Crippen LogP contribution in [0.3, 0.4) is 0 Å². The maximum absolute atomic E-state index is 11.3. The zero-order chi connectivity index (χ0) is 10.9. The van der Waals surface area contributed by atoms with Gasteiger partial charge in [-0.05, 0) is 13.8 Å². The molecule has 6 nitrogen and oxygen atoms in total. The van der Waals surface area contributed by atoms with E-state index in [1.165, 1.54) is 0 Å². The number of esters is 2. The molecular formula is C8H14N2O4. The molecule has 0 bridgehead atoms. The molecule has 0 aromatic heterocycles. The molecule has 0 saturated carbocycles. The van der Waals surface area contributed by atoms with E-state index in [1.54, 1.807) is 13.8 Å². The lowest BCUT2D eigenvalue weighted by Crippen LogP contribution is -2.55. The number of hydrogen-bond acceptors (Lipinski definition) is 6. The van der Waals surface area contributed by atoms with Gasteiger partial charge in [0.2, 0.25) is 12.2 Å². The van der Waals surface area contributed by atoms with Crippen molar-refractivity contribution in [3.63, 3.8) is 0 Å². The Morgan fingerprint density at radius 1 is 1.00 bits per heavy atom. The van der Waals surface area contributed by atoms with Crippen molar-refractivity contribution in [2.24, 2.45) is 11.5 Å². The van der Waals surface area contributed by atoms with E-state index in [9.17, 15) is 9.59 Å². The van der Waals surface area contributed by atoms with Gasteiger partial charge in [0.25, 0.3) is 0 Å². The monoisotopic (exact) mass is 202 g/mol. The normalized spacial score (nSPS) is 31.7. The van der Waals surface area contributed by atoms with E-state index in [1.807, 2.05) is 0 Å². The third kappa shape index (κ3) is 2.02. The minimum atomic E-state index is -1.02. The predicted molar refractivity (Wildman–Crippen MR) is 47.1 cm³/mol. The minimum absolute atomic E-state index is 0.583. The van der Waals surface area contributed by atoms with E-state index >= 15 is 0 Å². The van der Waals surface area contributed by atoms with Crippen LogP contribution in [-0.2, 0) is 19.1 Å². The molecule has 1 aliphatic heterocycles. The molecule has 0 aromatic carbocycles. The van der Waals surface area contributed by atoms with E-state index in [2.05, 4.69) is 0 Å². The van der Waals surface area contributed by atoms with Crippen LogP contribution in [-0.4, -0.2) is 36.2 Å². The Kier molecular flexibility index (Phi) is 3.07. The highest BCUT2D eigenvalue weighted by Gasteiger charge is 2.41. The Bertz CT molecular complexity index is 226. The topological polar surface area (TPSA) is 105 Å². The molecule has 0 amide bonds. The molecule has 4 N–H and O–H groups in total. The van der Waals surface area contributed by atoms with Crippen LogP contribution in [0, 0.1) is 0 Å². The average Bonchev–Trinajstić information content (AvgIpc) is 2.07. The maximum Gasteiger partial charge on any atom is 0.350 e. The quantitative estimate of drug-likeness (QED) is 0.529. The average molecular weight is 202 g/mol. The highest BCUT2D eigenvalue weighted by molar-refractivity contribution is 5.88. The van der Waals surface area contributed by atoms with Crippen molar-refractivity contribution in [1.82, 2.24) is 0 Å². The fourth-order valence-corrected chi connectivity index (χ4v) is 1.12. The van der Waals surface area contributed by atoms with Crippen LogP contribution in [0.4, 0.5) is 0 Å². The Morgan fingerprint density at radius 3 is 1.50 bits per heavy atom. The third-order valence-electron chi connectivity index (χ3n) is 1.91. The lowest BCUT2D eigenvalue weighted by atomic mass is 10.1. The van der Waals surface area contributed by atoms with Crippen molar-refractivity contribution in [3.05, 3.63) is 0 Å². The second-order valence-electron chi connectivity index (χ2n) is 3.43. The lowest BCUT2D eigenvalue weighted by molar-refractivity contribution is -0.197. The largest absolute Gasteiger partial charge is 0.446 e. The van der Waals surface area contributed by atoms with Gasteiger partial charge in [-0.25, -0.2) is 9.59 Å². The molecule has 0 spiro atoms. The van der Waals surface area contributed by atoms with Crippen molar-refractivity contribution < 1.29 is 19.1 Å². The molecule has 6 heteroatoms. The summed E-state index contributed by atoms with van der Waals surface area (Å²) in [7, 11) is 0. The highest BCUT2D eigenvalue weighted by atomic mass is 16.6. The van der Waals surface area contributed by atoms with Gasteiger partial charge in [0.1, 0.15) is 0 Å². The first kappa shape index (κ1) is 10.9. The molecule has 1 fully saturated rings. The maximum atomic E-state index is 11.3. The number of nitrogens with two attached hydrogens (primary N) is 2. The Morgan fingerprint density at radius 2 is 1.29 bits per heavy atom. The molecule has 4 atom stereocenters. The van der Waals surface area contributed by atoms with Crippen LogP contribution in [0.25, 0.3) is 0 Å². The summed E-state index contributed by atoms with van der Waals surface area (Å²) >= 11 is 0. The van der Waals surface area contributed by atoms with Gasteiger partial charge in [0, 0.05) is 12.1 Å². The Balaban J connectivity index is 2.72. The number of carbonyl (C=O) groups is 2. The van der Waals surface area contributed by atoms with E-state index in [-0.39, 0.29) is 0 Å². The molecule has 0 radical (unpaired) electrons. The van der Waals surface area contributed by atoms with Crippen molar-refractivity contribution >= 4 is 11.9 Å². The molecule has 14 heavy (non-hydrogen) atoms. The number of rotatable bonds is 2. The molecule has 1 heterocycles. The van der Waals surface area contributed by atoms with Crippen molar-refractivity contribution in [3.8, 4) is 0 Å². The second-order valence-corrected chi connectivity index (χ2v) is 3.43. The van der Waals surface area contributed by atoms with E-state index in [4.69, 9.17) is 20.9 Å². The zero-order valence-corrected chi connectivity index (χ0v) is 8.10. The van der Waals surface area contributed by atoms with Crippen LogP contribution in [0.15, 0.2) is 0 Å². The minimum Gasteiger partial charge on any atom is -0.446 e. The SMILES string of the molecule is CC(N)C1OC(=O)C(C(C)N)OC1=O. The van der Waals surface area contributed by atoms with Gasteiger partial charge >= 0.3 is 11.9 Å². The first-order chi connectivity index (χ1) is 6.43. The predicted octanol–water partition coefficient (Wildman–Crippen LogP) is -1.48. The molecule has 4 unspecified atom stereocenters. The summed E-state index contributed by atoms with van der Waals surface area (Å²) in [5.74, 6) is -1.27. The Hall–Kier alpha value is -1.14. The smallest absolute Gasteiger partial charge is 0.350 e. The van der Waals surface area contributed by atoms with Crippen molar-refractivity contribution in [1.29, 1.82) is 0 Å². The van der Waals surface area contributed by atoms with Gasteiger partial charge in [0.15, 0.2) is 0 Å². The van der Waals surface area contributed by atoms with Gasteiger partial charge in [-0.2, -0.15) is 0 Å². The summed E-state index contributed by atoms with van der Waals surface area (Å²) in [5.41, 5.74) is 10.9. The standard InChI is InChI=1S/C8H14N2O4/c1-3(9)5-7(11)14-6(4(2)10)8(12)13-5/h3-6H,9-10H2,1-2H3. The molecule has 1 rings (SSSR count). The summed E-state index contributed by atoms with van der Waals surface area (Å²) in [6.45, 7) is 3.12. The first-order valence-electron chi connectivity index (χ1n) is 4.35. The molecule has 1 aliphatic rings. The molecule has 80 valence electrons. The molecular weight excluding hydrogens is 188 g/mol. The van der Waals surface area contributed by atoms with Gasteiger partial charge in [-0.1, -0.05) is 0 Å². The number of hydrogen-bond donors (Lipinski definition) is 2. The molecule has 1 saturated heterocycles. The summed E-state index contributed by atoms with van der Waals surface area (Å²) in [4.78, 5) is 22.5. The van der Waals surface area contributed by atoms with Gasteiger partial charge in [-0.3, -0.25) is 0 Å². The molecule has 0 aromatic rings. The Labute approximate surface area is 81.5 Å². The van der Waals surface area contributed by atoms with Crippen LogP contribution in [0.1, 0.15) is 13.8 Å². The van der Waals surface area contributed by atoms with Gasteiger partial charge in [-0.15, -0.1) is 0 Å². The van der Waals surface area contributed by atoms with E-state index in [0.29, 0.717) is 0 Å². The number of carbonyl (C=O) groups excluding carboxylic acids is 2. The summed E-state index contributed by atoms with van der Waals surface area (Å²) in [5, 5.41) is 0. The number of ether oxygens (including phenoxy) is 2. The second kappa shape index (κ2) is 3.93. The molecule has 0 aliphatic carbocycles. The fraction of sp³-hybridized carbons (Fsp3) is 0.750. The van der Waals surface area contributed by atoms with Gasteiger partial charge < -0.3 is 20.9 Å². The van der Waals surface area contributed by atoms with Gasteiger partial charge in [0.05, 0.1) is 0 Å². The first-order valence-corrected chi connectivity index (χ1v) is 4.35. The van der Waals surface area contributed by atoms with Crippen LogP contribution < -0.4 is 11.5 Å². The lowest BCUT2D eigenvalue weighted by Gasteiger charge is -2.30. The highest BCUT2D eigenvalue weighted by Crippen LogP contribution is 2.14. The van der Waals surface area contributed by atoms with Crippen LogP contribution in [0.5, 0.6) is 0 Å². The summed E-state index contributed by atoms with van der Waals surface area (Å²) < 4.78 is 9.63. The number of cyclic esters (lactones) is 2. The van der Waals surface area contributed by atoms with Crippen molar-refractivity contribution in [2.45, 2.75) is 38.1 Å².